The van der Waals surface area contributed by atoms with E-state index in [1.165, 1.54) is 13.2 Å². The molecule has 1 aliphatic heterocycles. The van der Waals surface area contributed by atoms with Gasteiger partial charge < -0.3 is 15.4 Å². The van der Waals surface area contributed by atoms with Crippen LogP contribution in [0, 0.1) is 0 Å². The van der Waals surface area contributed by atoms with Crippen LogP contribution < -0.4 is 10.6 Å². The van der Waals surface area contributed by atoms with Crippen molar-refractivity contribution in [3.63, 3.8) is 0 Å². The third kappa shape index (κ3) is 5.83. The van der Waals surface area contributed by atoms with Crippen molar-refractivity contribution in [3.05, 3.63) is 64.2 Å². The van der Waals surface area contributed by atoms with Gasteiger partial charge in [0.15, 0.2) is 0 Å². The highest BCUT2D eigenvalue weighted by atomic mass is 35.5. The first-order valence-corrected chi connectivity index (χ1v) is 10.5. The molecule has 0 aromatic heterocycles. The summed E-state index contributed by atoms with van der Waals surface area (Å²) in [4.78, 5) is 39.4. The van der Waals surface area contributed by atoms with E-state index in [1.54, 1.807) is 36.4 Å². The van der Waals surface area contributed by atoms with Gasteiger partial charge in [0, 0.05) is 12.2 Å². The van der Waals surface area contributed by atoms with Crippen molar-refractivity contribution in [2.24, 2.45) is 0 Å². The minimum atomic E-state index is -0.534. The second kappa shape index (κ2) is 10.4. The summed E-state index contributed by atoms with van der Waals surface area (Å²) in [7, 11) is 3.24. The Morgan fingerprint density at radius 1 is 1.16 bits per heavy atom. The van der Waals surface area contributed by atoms with Crippen LogP contribution in [0.25, 0.3) is 0 Å². The van der Waals surface area contributed by atoms with Crippen LogP contribution in [0.5, 0.6) is 0 Å². The van der Waals surface area contributed by atoms with E-state index in [1.807, 2.05) is 7.05 Å². The standard InChI is InChI=1S/C23H26ClN3O4/c1-27-10-6-5-9-20(27)22(29)25-14-15-11-16(23(30)31-2)13-17(12-15)26-21(28)18-7-3-4-8-19(18)24/h3-4,7-8,11-13,20H,5-6,9-10,14H2,1-2H3,(H,25,29)(H,26,28). The van der Waals surface area contributed by atoms with Crippen LogP contribution in [-0.4, -0.2) is 49.4 Å². The Hall–Kier alpha value is -2.90. The van der Waals surface area contributed by atoms with Crippen molar-refractivity contribution in [2.75, 3.05) is 26.0 Å². The van der Waals surface area contributed by atoms with E-state index in [2.05, 4.69) is 15.5 Å². The number of amides is 2. The smallest absolute Gasteiger partial charge is 0.337 e. The summed E-state index contributed by atoms with van der Waals surface area (Å²) in [6.07, 6.45) is 2.94. The molecule has 8 heteroatoms. The fraction of sp³-hybridized carbons (Fsp3) is 0.348. The van der Waals surface area contributed by atoms with Crippen molar-refractivity contribution in [3.8, 4) is 0 Å². The Bertz CT molecular complexity index is 979. The molecule has 2 aromatic carbocycles. The molecule has 3 rings (SSSR count). The van der Waals surface area contributed by atoms with Crippen LogP contribution in [0.15, 0.2) is 42.5 Å². The summed E-state index contributed by atoms with van der Waals surface area (Å²) in [6.45, 7) is 1.12. The SMILES string of the molecule is COC(=O)c1cc(CNC(=O)C2CCCCN2C)cc(NC(=O)c2ccccc2Cl)c1. The van der Waals surface area contributed by atoms with E-state index in [0.717, 1.165) is 25.8 Å². The molecule has 164 valence electrons. The van der Waals surface area contributed by atoms with Crippen molar-refractivity contribution in [1.82, 2.24) is 10.2 Å². The average Bonchev–Trinajstić information content (AvgIpc) is 2.77. The molecule has 0 radical (unpaired) electrons. The maximum Gasteiger partial charge on any atom is 0.337 e. The van der Waals surface area contributed by atoms with Gasteiger partial charge in [-0.05, 0) is 62.3 Å². The fourth-order valence-corrected chi connectivity index (χ4v) is 3.88. The second-order valence-corrected chi connectivity index (χ2v) is 7.96. The number of benzene rings is 2. The highest BCUT2D eigenvalue weighted by Crippen LogP contribution is 2.21. The summed E-state index contributed by atoms with van der Waals surface area (Å²) >= 11 is 6.10. The van der Waals surface area contributed by atoms with Crippen LogP contribution in [-0.2, 0) is 16.1 Å². The summed E-state index contributed by atoms with van der Waals surface area (Å²) in [5, 5.41) is 6.03. The predicted molar refractivity (Wildman–Crippen MR) is 119 cm³/mol. The zero-order chi connectivity index (χ0) is 22.4. The molecular weight excluding hydrogens is 418 g/mol. The molecule has 0 saturated carbocycles. The largest absolute Gasteiger partial charge is 0.465 e. The molecule has 1 aliphatic rings. The van der Waals surface area contributed by atoms with E-state index >= 15 is 0 Å². The van der Waals surface area contributed by atoms with Crippen LogP contribution >= 0.6 is 11.6 Å². The number of piperidine rings is 1. The first kappa shape index (κ1) is 22.8. The number of rotatable bonds is 6. The van der Waals surface area contributed by atoms with Crippen LogP contribution in [0.1, 0.15) is 45.5 Å². The Morgan fingerprint density at radius 3 is 2.65 bits per heavy atom. The van der Waals surface area contributed by atoms with Gasteiger partial charge in [-0.1, -0.05) is 30.2 Å². The Labute approximate surface area is 186 Å². The Kier molecular flexibility index (Phi) is 7.65. The van der Waals surface area contributed by atoms with E-state index in [-0.39, 0.29) is 24.1 Å². The van der Waals surface area contributed by atoms with Gasteiger partial charge in [0.05, 0.1) is 29.3 Å². The Balaban J connectivity index is 1.77. The number of hydrogen-bond acceptors (Lipinski definition) is 5. The summed E-state index contributed by atoms with van der Waals surface area (Å²) in [5.74, 6) is -0.979. The molecule has 2 N–H and O–H groups in total. The van der Waals surface area contributed by atoms with Crippen molar-refractivity contribution in [1.29, 1.82) is 0 Å². The molecule has 2 aromatic rings. The van der Waals surface area contributed by atoms with Gasteiger partial charge in [-0.25, -0.2) is 4.79 Å². The number of halogens is 1. The zero-order valence-electron chi connectivity index (χ0n) is 17.6. The number of nitrogens with one attached hydrogen (secondary N) is 2. The van der Waals surface area contributed by atoms with E-state index in [0.29, 0.717) is 21.8 Å². The van der Waals surface area contributed by atoms with Gasteiger partial charge >= 0.3 is 5.97 Å². The number of ether oxygens (including phenoxy) is 1. The minimum Gasteiger partial charge on any atom is -0.465 e. The lowest BCUT2D eigenvalue weighted by Crippen LogP contribution is -2.47. The second-order valence-electron chi connectivity index (χ2n) is 7.55. The lowest BCUT2D eigenvalue weighted by Gasteiger charge is -2.31. The molecule has 31 heavy (non-hydrogen) atoms. The van der Waals surface area contributed by atoms with Crippen molar-refractivity contribution in [2.45, 2.75) is 31.8 Å². The van der Waals surface area contributed by atoms with Gasteiger partial charge in [-0.2, -0.15) is 0 Å². The first-order valence-electron chi connectivity index (χ1n) is 10.1. The number of carbonyl (C=O) groups is 3. The summed E-state index contributed by atoms with van der Waals surface area (Å²) in [5.41, 5.74) is 1.68. The average molecular weight is 444 g/mol. The molecule has 1 unspecified atom stereocenters. The van der Waals surface area contributed by atoms with Gasteiger partial charge in [0.1, 0.15) is 0 Å². The van der Waals surface area contributed by atoms with Crippen LogP contribution in [0.3, 0.4) is 0 Å². The van der Waals surface area contributed by atoms with Crippen LogP contribution in [0.4, 0.5) is 5.69 Å². The number of hydrogen-bond donors (Lipinski definition) is 2. The molecule has 1 saturated heterocycles. The van der Waals surface area contributed by atoms with E-state index in [4.69, 9.17) is 16.3 Å². The van der Waals surface area contributed by atoms with Gasteiger partial charge in [-0.3, -0.25) is 14.5 Å². The minimum absolute atomic E-state index is 0.0488. The quantitative estimate of drug-likeness (QED) is 0.667. The topological polar surface area (TPSA) is 87.7 Å². The lowest BCUT2D eigenvalue weighted by atomic mass is 10.0. The molecule has 1 fully saturated rings. The number of methoxy groups -OCH3 is 1. The number of nitrogens with zero attached hydrogens (tertiary/aromatic N) is 1. The molecule has 0 bridgehead atoms. The van der Waals surface area contributed by atoms with E-state index < -0.39 is 11.9 Å². The predicted octanol–water partition coefficient (Wildman–Crippen LogP) is 3.48. The molecule has 7 nitrogen and oxygen atoms in total. The number of anilines is 1. The third-order valence-corrected chi connectivity index (χ3v) is 5.66. The molecule has 1 atom stereocenters. The monoisotopic (exact) mass is 443 g/mol. The Morgan fingerprint density at radius 2 is 1.94 bits per heavy atom. The fourth-order valence-electron chi connectivity index (χ4n) is 3.66. The lowest BCUT2D eigenvalue weighted by molar-refractivity contribution is -0.127. The molecule has 0 spiro atoms. The number of esters is 1. The van der Waals surface area contributed by atoms with Gasteiger partial charge in [0.25, 0.3) is 5.91 Å². The first-order chi connectivity index (χ1) is 14.9. The number of likely N-dealkylation sites (N-methyl/N-ethyl adjacent to an activating group) is 1. The molecular formula is C23H26ClN3O4. The third-order valence-electron chi connectivity index (χ3n) is 5.33. The summed E-state index contributed by atoms with van der Waals surface area (Å²) < 4.78 is 4.82. The van der Waals surface area contributed by atoms with Gasteiger partial charge in [-0.15, -0.1) is 0 Å². The van der Waals surface area contributed by atoms with Crippen molar-refractivity contribution < 1.29 is 19.1 Å². The van der Waals surface area contributed by atoms with E-state index in [9.17, 15) is 14.4 Å². The number of likely N-dealkylation sites (tertiary alicyclic amines) is 1. The van der Waals surface area contributed by atoms with Crippen LogP contribution in [0.2, 0.25) is 5.02 Å². The van der Waals surface area contributed by atoms with Gasteiger partial charge in [0.2, 0.25) is 5.91 Å². The highest BCUT2D eigenvalue weighted by Gasteiger charge is 2.25. The maximum absolute atomic E-state index is 12.6. The normalized spacial score (nSPS) is 16.4. The number of carbonyl (C=O) groups excluding carboxylic acids is 3. The maximum atomic E-state index is 12.6. The zero-order valence-corrected chi connectivity index (χ0v) is 18.4. The molecule has 2 amide bonds. The molecule has 0 aliphatic carbocycles. The molecule has 1 heterocycles. The van der Waals surface area contributed by atoms with Crippen molar-refractivity contribution >= 4 is 35.1 Å². The summed E-state index contributed by atoms with van der Waals surface area (Å²) in [6, 6.07) is 11.4. The highest BCUT2D eigenvalue weighted by molar-refractivity contribution is 6.34.